The van der Waals surface area contributed by atoms with Crippen LogP contribution >= 0.6 is 0 Å². The number of nitrogens with zero attached hydrogens (tertiary/aromatic N) is 2. The maximum atomic E-state index is 12.1. The molecule has 2 amide bonds. The first-order chi connectivity index (χ1) is 11.6. The summed E-state index contributed by atoms with van der Waals surface area (Å²) in [5.41, 5.74) is 1.71. The Balaban J connectivity index is 1.90. The van der Waals surface area contributed by atoms with Gasteiger partial charge < -0.3 is 15.0 Å². The molecule has 6 heteroatoms. The number of carbonyl (C=O) groups excluding carboxylic acids is 2. The minimum atomic E-state index is -0.218. The standard InChI is InChI=1S/C18H21N3O3/c1-14(22)21(12-15-6-8-17(24-2)9-7-15)13-18(23)20-11-16-5-3-4-10-19-16/h3-10H,11-13H2,1-2H3,(H,20,23). The van der Waals surface area contributed by atoms with E-state index in [1.165, 1.54) is 11.8 Å². The average Bonchev–Trinajstić information content (AvgIpc) is 2.61. The first-order valence-electron chi connectivity index (χ1n) is 7.63. The number of nitrogens with one attached hydrogen (secondary N) is 1. The number of aromatic nitrogens is 1. The fourth-order valence-electron chi connectivity index (χ4n) is 2.15. The van der Waals surface area contributed by atoms with Gasteiger partial charge >= 0.3 is 0 Å². The molecule has 24 heavy (non-hydrogen) atoms. The van der Waals surface area contributed by atoms with Crippen molar-refractivity contribution >= 4 is 11.8 Å². The fourth-order valence-corrected chi connectivity index (χ4v) is 2.15. The Hall–Kier alpha value is -2.89. The van der Waals surface area contributed by atoms with Gasteiger partial charge in [-0.05, 0) is 29.8 Å². The molecule has 0 unspecified atom stereocenters. The van der Waals surface area contributed by atoms with Gasteiger partial charge in [0.1, 0.15) is 5.75 Å². The van der Waals surface area contributed by atoms with Gasteiger partial charge in [0.15, 0.2) is 0 Å². The zero-order valence-corrected chi connectivity index (χ0v) is 13.9. The second kappa shape index (κ2) is 8.67. The molecule has 0 aliphatic heterocycles. The van der Waals surface area contributed by atoms with Crippen LogP contribution in [-0.2, 0) is 22.7 Å². The number of rotatable bonds is 7. The molecular weight excluding hydrogens is 306 g/mol. The molecule has 2 rings (SSSR count). The molecule has 1 N–H and O–H groups in total. The summed E-state index contributed by atoms with van der Waals surface area (Å²) in [6, 6.07) is 12.9. The Morgan fingerprint density at radius 3 is 2.50 bits per heavy atom. The number of ether oxygens (including phenoxy) is 1. The molecule has 6 nitrogen and oxygen atoms in total. The lowest BCUT2D eigenvalue weighted by molar-refractivity contribution is -0.135. The SMILES string of the molecule is COc1ccc(CN(CC(=O)NCc2ccccn2)C(C)=O)cc1. The second-order valence-electron chi connectivity index (χ2n) is 5.32. The number of methoxy groups -OCH3 is 1. The summed E-state index contributed by atoms with van der Waals surface area (Å²) in [6.45, 7) is 2.17. The molecule has 1 aromatic carbocycles. The van der Waals surface area contributed by atoms with Gasteiger partial charge in [0, 0.05) is 19.7 Å². The molecule has 0 radical (unpaired) electrons. The smallest absolute Gasteiger partial charge is 0.239 e. The molecule has 0 aliphatic carbocycles. The molecule has 2 aromatic rings. The van der Waals surface area contributed by atoms with Gasteiger partial charge in [-0.2, -0.15) is 0 Å². The number of hydrogen-bond donors (Lipinski definition) is 1. The van der Waals surface area contributed by atoms with E-state index in [1.807, 2.05) is 42.5 Å². The third-order valence-electron chi connectivity index (χ3n) is 3.51. The normalized spacial score (nSPS) is 10.1. The molecule has 126 valence electrons. The van der Waals surface area contributed by atoms with Crippen molar-refractivity contribution in [2.45, 2.75) is 20.0 Å². The molecule has 0 bridgehead atoms. The van der Waals surface area contributed by atoms with Crippen molar-refractivity contribution in [3.8, 4) is 5.75 Å². The predicted molar refractivity (Wildman–Crippen MR) is 90.2 cm³/mol. The lowest BCUT2D eigenvalue weighted by Crippen LogP contribution is -2.39. The lowest BCUT2D eigenvalue weighted by Gasteiger charge is -2.20. The lowest BCUT2D eigenvalue weighted by atomic mass is 10.2. The summed E-state index contributed by atoms with van der Waals surface area (Å²) in [5.74, 6) is 0.379. The zero-order chi connectivity index (χ0) is 17.4. The highest BCUT2D eigenvalue weighted by atomic mass is 16.5. The Labute approximate surface area is 141 Å². The maximum absolute atomic E-state index is 12.1. The van der Waals surface area contributed by atoms with Crippen LogP contribution in [0.1, 0.15) is 18.2 Å². The number of benzene rings is 1. The fraction of sp³-hybridized carbons (Fsp3) is 0.278. The van der Waals surface area contributed by atoms with Gasteiger partial charge in [-0.3, -0.25) is 14.6 Å². The van der Waals surface area contributed by atoms with Crippen LogP contribution in [0.25, 0.3) is 0 Å². The number of hydrogen-bond acceptors (Lipinski definition) is 4. The molecule has 1 aromatic heterocycles. The van der Waals surface area contributed by atoms with Crippen LogP contribution in [-0.4, -0.2) is 35.4 Å². The zero-order valence-electron chi connectivity index (χ0n) is 13.9. The molecule has 0 saturated heterocycles. The average molecular weight is 327 g/mol. The van der Waals surface area contributed by atoms with Crippen molar-refractivity contribution in [2.24, 2.45) is 0 Å². The maximum Gasteiger partial charge on any atom is 0.239 e. The number of carbonyl (C=O) groups is 2. The minimum Gasteiger partial charge on any atom is -0.497 e. The van der Waals surface area contributed by atoms with Crippen molar-refractivity contribution in [3.05, 3.63) is 59.9 Å². The Morgan fingerprint density at radius 1 is 1.17 bits per heavy atom. The van der Waals surface area contributed by atoms with Crippen LogP contribution < -0.4 is 10.1 Å². The van der Waals surface area contributed by atoms with E-state index in [2.05, 4.69) is 10.3 Å². The highest BCUT2D eigenvalue weighted by molar-refractivity contribution is 5.83. The monoisotopic (exact) mass is 327 g/mol. The van der Waals surface area contributed by atoms with Crippen LogP contribution in [0.4, 0.5) is 0 Å². The second-order valence-corrected chi connectivity index (χ2v) is 5.32. The summed E-state index contributed by atoms with van der Waals surface area (Å²) >= 11 is 0. The molecule has 0 saturated carbocycles. The third kappa shape index (κ3) is 5.39. The highest BCUT2D eigenvalue weighted by Crippen LogP contribution is 2.13. The summed E-state index contributed by atoms with van der Waals surface area (Å²) < 4.78 is 5.11. The van der Waals surface area contributed by atoms with E-state index in [9.17, 15) is 9.59 Å². The Bertz CT molecular complexity index is 672. The van der Waals surface area contributed by atoms with Crippen molar-refractivity contribution in [1.29, 1.82) is 0 Å². The molecular formula is C18H21N3O3. The van der Waals surface area contributed by atoms with E-state index in [4.69, 9.17) is 4.74 Å². The van der Waals surface area contributed by atoms with E-state index in [-0.39, 0.29) is 18.4 Å². The van der Waals surface area contributed by atoms with Gasteiger partial charge in [0.05, 0.1) is 25.9 Å². The summed E-state index contributed by atoms with van der Waals surface area (Å²) in [7, 11) is 1.60. The highest BCUT2D eigenvalue weighted by Gasteiger charge is 2.14. The van der Waals surface area contributed by atoms with E-state index in [0.717, 1.165) is 17.0 Å². The van der Waals surface area contributed by atoms with Gasteiger partial charge in [0.25, 0.3) is 0 Å². The van der Waals surface area contributed by atoms with E-state index in [1.54, 1.807) is 13.3 Å². The number of amides is 2. The van der Waals surface area contributed by atoms with Gasteiger partial charge in [0.2, 0.25) is 11.8 Å². The molecule has 0 aliphatic rings. The van der Waals surface area contributed by atoms with Crippen molar-refractivity contribution in [1.82, 2.24) is 15.2 Å². The predicted octanol–water partition coefficient (Wildman–Crippen LogP) is 1.76. The summed E-state index contributed by atoms with van der Waals surface area (Å²) in [6.07, 6.45) is 1.67. The van der Waals surface area contributed by atoms with Crippen molar-refractivity contribution in [3.63, 3.8) is 0 Å². The van der Waals surface area contributed by atoms with Crippen LogP contribution in [0.2, 0.25) is 0 Å². The van der Waals surface area contributed by atoms with Crippen LogP contribution in [0.5, 0.6) is 5.75 Å². The van der Waals surface area contributed by atoms with Crippen molar-refractivity contribution < 1.29 is 14.3 Å². The molecule has 0 atom stereocenters. The molecule has 1 heterocycles. The Morgan fingerprint density at radius 2 is 1.92 bits per heavy atom. The third-order valence-corrected chi connectivity index (χ3v) is 3.51. The molecule has 0 spiro atoms. The van der Waals surface area contributed by atoms with Gasteiger partial charge in [-0.15, -0.1) is 0 Å². The quantitative estimate of drug-likeness (QED) is 0.841. The van der Waals surface area contributed by atoms with Gasteiger partial charge in [-0.1, -0.05) is 18.2 Å². The van der Waals surface area contributed by atoms with Crippen LogP contribution in [0.3, 0.4) is 0 Å². The summed E-state index contributed by atoms with van der Waals surface area (Å²) in [5, 5.41) is 2.77. The largest absolute Gasteiger partial charge is 0.497 e. The van der Waals surface area contributed by atoms with Crippen LogP contribution in [0.15, 0.2) is 48.7 Å². The van der Waals surface area contributed by atoms with Crippen molar-refractivity contribution in [2.75, 3.05) is 13.7 Å². The molecule has 0 fully saturated rings. The van der Waals surface area contributed by atoms with E-state index >= 15 is 0 Å². The first kappa shape index (κ1) is 17.5. The first-order valence-corrected chi connectivity index (χ1v) is 7.63. The topological polar surface area (TPSA) is 71.5 Å². The van der Waals surface area contributed by atoms with Gasteiger partial charge in [-0.25, -0.2) is 0 Å². The van der Waals surface area contributed by atoms with E-state index < -0.39 is 0 Å². The Kier molecular flexibility index (Phi) is 6.31. The van der Waals surface area contributed by atoms with Crippen LogP contribution in [0, 0.1) is 0 Å². The number of pyridine rings is 1. The summed E-state index contributed by atoms with van der Waals surface area (Å²) in [4.78, 5) is 29.5. The minimum absolute atomic E-state index is 0.00813. The van der Waals surface area contributed by atoms with E-state index in [0.29, 0.717) is 13.1 Å².